The second-order valence-corrected chi connectivity index (χ2v) is 5.48. The smallest absolute Gasteiger partial charge is 0.0818 e. The minimum absolute atomic E-state index is 0.234. The van der Waals surface area contributed by atoms with E-state index in [9.17, 15) is 5.11 Å². The highest BCUT2D eigenvalue weighted by atomic mass is 16.3. The first-order valence-electron chi connectivity index (χ1n) is 6.43. The van der Waals surface area contributed by atoms with Crippen molar-refractivity contribution >= 4 is 0 Å². The molecule has 0 aliphatic heterocycles. The minimum atomic E-state index is -0.234. The average Bonchev–Trinajstić information content (AvgIpc) is 2.15. The van der Waals surface area contributed by atoms with Gasteiger partial charge in [0.05, 0.1) is 6.10 Å². The molecule has 1 aliphatic carbocycles. The average molecular weight is 218 g/mol. The fraction of sp³-hybridized carbons (Fsp3) is 0.600. The van der Waals surface area contributed by atoms with E-state index in [0.29, 0.717) is 11.8 Å². The van der Waals surface area contributed by atoms with Crippen LogP contribution < -0.4 is 0 Å². The lowest BCUT2D eigenvalue weighted by atomic mass is 9.78. The van der Waals surface area contributed by atoms with Gasteiger partial charge in [0.15, 0.2) is 0 Å². The fourth-order valence-electron chi connectivity index (χ4n) is 2.35. The lowest BCUT2D eigenvalue weighted by Gasteiger charge is -2.30. The first-order chi connectivity index (χ1) is 7.66. The maximum atomic E-state index is 10.1. The summed E-state index contributed by atoms with van der Waals surface area (Å²) in [5.41, 5.74) is 2.47. The number of aliphatic hydroxyl groups excluding tert-OH is 1. The van der Waals surface area contributed by atoms with Crippen molar-refractivity contribution in [3.8, 4) is 0 Å². The highest BCUT2D eigenvalue weighted by molar-refractivity contribution is 5.25. The lowest BCUT2D eigenvalue weighted by Crippen LogP contribution is -2.19. The summed E-state index contributed by atoms with van der Waals surface area (Å²) in [4.78, 5) is 0. The fourth-order valence-corrected chi connectivity index (χ4v) is 2.35. The first-order valence-corrected chi connectivity index (χ1v) is 6.43. The Morgan fingerprint density at radius 1 is 1.19 bits per heavy atom. The van der Waals surface area contributed by atoms with Gasteiger partial charge in [-0.25, -0.2) is 0 Å². The molecule has 1 unspecified atom stereocenters. The van der Waals surface area contributed by atoms with Crippen LogP contribution in [0.5, 0.6) is 0 Å². The maximum absolute atomic E-state index is 10.1. The Balaban J connectivity index is 2.00. The summed E-state index contributed by atoms with van der Waals surface area (Å²) in [6, 6.07) is 8.52. The van der Waals surface area contributed by atoms with Gasteiger partial charge >= 0.3 is 0 Å². The lowest BCUT2D eigenvalue weighted by molar-refractivity contribution is 0.0621. The largest absolute Gasteiger partial charge is 0.388 e. The summed E-state index contributed by atoms with van der Waals surface area (Å²) in [5.74, 6) is 1.21. The van der Waals surface area contributed by atoms with Gasteiger partial charge in [0.1, 0.15) is 0 Å². The number of hydrogen-bond donors (Lipinski definition) is 1. The van der Waals surface area contributed by atoms with Gasteiger partial charge in [-0.1, -0.05) is 44.5 Å². The molecule has 1 atom stereocenters. The van der Waals surface area contributed by atoms with Crippen LogP contribution in [0.1, 0.15) is 50.3 Å². The number of rotatable bonds is 4. The summed E-state index contributed by atoms with van der Waals surface area (Å²) >= 11 is 0. The molecule has 1 heteroatoms. The second-order valence-electron chi connectivity index (χ2n) is 5.48. The van der Waals surface area contributed by atoms with Crippen LogP contribution in [0, 0.1) is 11.8 Å². The molecular formula is C15H22O. The molecule has 1 nitrogen and oxygen atoms in total. The third-order valence-corrected chi connectivity index (χ3v) is 3.56. The Bertz CT molecular complexity index is 322. The molecule has 0 spiro atoms. The molecule has 1 fully saturated rings. The molecule has 1 aliphatic rings. The number of benzene rings is 1. The van der Waals surface area contributed by atoms with E-state index in [4.69, 9.17) is 0 Å². The molecule has 88 valence electrons. The van der Waals surface area contributed by atoms with Crippen molar-refractivity contribution in [2.75, 3.05) is 0 Å². The molecule has 0 heterocycles. The van der Waals surface area contributed by atoms with Gasteiger partial charge < -0.3 is 5.11 Å². The first kappa shape index (κ1) is 11.7. The second kappa shape index (κ2) is 5.01. The Morgan fingerprint density at radius 2 is 1.81 bits per heavy atom. The molecule has 2 rings (SSSR count). The van der Waals surface area contributed by atoms with Crippen molar-refractivity contribution in [3.63, 3.8) is 0 Å². The van der Waals surface area contributed by atoms with Gasteiger partial charge in [-0.05, 0) is 42.2 Å². The SMILES string of the molecule is CC(C)Cc1ccc(C(O)C2CCC2)cc1. The highest BCUT2D eigenvalue weighted by Gasteiger charge is 2.26. The quantitative estimate of drug-likeness (QED) is 0.816. The zero-order valence-electron chi connectivity index (χ0n) is 10.3. The van der Waals surface area contributed by atoms with Crippen LogP contribution in [0.2, 0.25) is 0 Å². The van der Waals surface area contributed by atoms with Crippen molar-refractivity contribution in [2.24, 2.45) is 11.8 Å². The predicted octanol–water partition coefficient (Wildman–Crippen LogP) is 3.72. The molecule has 1 aromatic carbocycles. The van der Waals surface area contributed by atoms with E-state index in [1.165, 1.54) is 24.8 Å². The van der Waals surface area contributed by atoms with Gasteiger partial charge in [0.25, 0.3) is 0 Å². The standard InChI is InChI=1S/C15H22O/c1-11(2)10-12-6-8-14(9-7-12)15(16)13-4-3-5-13/h6-9,11,13,15-16H,3-5,10H2,1-2H3. The van der Waals surface area contributed by atoms with E-state index in [-0.39, 0.29) is 6.10 Å². The van der Waals surface area contributed by atoms with Crippen LogP contribution >= 0.6 is 0 Å². The van der Waals surface area contributed by atoms with Crippen molar-refractivity contribution in [1.82, 2.24) is 0 Å². The predicted molar refractivity (Wildman–Crippen MR) is 67.3 cm³/mol. The summed E-state index contributed by atoms with van der Waals surface area (Å²) in [7, 11) is 0. The Hall–Kier alpha value is -0.820. The Kier molecular flexibility index (Phi) is 3.65. The molecule has 1 aromatic rings. The topological polar surface area (TPSA) is 20.2 Å². The van der Waals surface area contributed by atoms with Gasteiger partial charge in [-0.2, -0.15) is 0 Å². The third-order valence-electron chi connectivity index (χ3n) is 3.56. The zero-order valence-corrected chi connectivity index (χ0v) is 10.3. The van der Waals surface area contributed by atoms with Crippen LogP contribution in [-0.2, 0) is 6.42 Å². The molecule has 16 heavy (non-hydrogen) atoms. The van der Waals surface area contributed by atoms with Crippen molar-refractivity contribution in [2.45, 2.75) is 45.6 Å². The van der Waals surface area contributed by atoms with E-state index < -0.39 is 0 Å². The highest BCUT2D eigenvalue weighted by Crippen LogP contribution is 2.37. The summed E-state index contributed by atoms with van der Waals surface area (Å²) in [6.45, 7) is 4.47. The Labute approximate surface area is 98.5 Å². The van der Waals surface area contributed by atoms with E-state index >= 15 is 0 Å². The molecule has 0 radical (unpaired) electrons. The molecule has 0 bridgehead atoms. The van der Waals surface area contributed by atoms with Crippen LogP contribution in [0.3, 0.4) is 0 Å². The molecule has 1 saturated carbocycles. The molecular weight excluding hydrogens is 196 g/mol. The Morgan fingerprint density at radius 3 is 2.25 bits per heavy atom. The van der Waals surface area contributed by atoms with Gasteiger partial charge in [-0.3, -0.25) is 0 Å². The van der Waals surface area contributed by atoms with Gasteiger partial charge in [0, 0.05) is 0 Å². The van der Waals surface area contributed by atoms with Crippen molar-refractivity contribution < 1.29 is 5.11 Å². The van der Waals surface area contributed by atoms with Crippen LogP contribution in [-0.4, -0.2) is 5.11 Å². The van der Waals surface area contributed by atoms with E-state index in [2.05, 4.69) is 38.1 Å². The van der Waals surface area contributed by atoms with Crippen LogP contribution in [0.25, 0.3) is 0 Å². The maximum Gasteiger partial charge on any atom is 0.0818 e. The molecule has 0 saturated heterocycles. The minimum Gasteiger partial charge on any atom is -0.388 e. The molecule has 1 N–H and O–H groups in total. The molecule has 0 aromatic heterocycles. The van der Waals surface area contributed by atoms with Crippen LogP contribution in [0.15, 0.2) is 24.3 Å². The monoisotopic (exact) mass is 218 g/mol. The van der Waals surface area contributed by atoms with Gasteiger partial charge in [-0.15, -0.1) is 0 Å². The van der Waals surface area contributed by atoms with E-state index in [1.807, 2.05) is 0 Å². The van der Waals surface area contributed by atoms with Crippen molar-refractivity contribution in [3.05, 3.63) is 35.4 Å². The van der Waals surface area contributed by atoms with Crippen molar-refractivity contribution in [1.29, 1.82) is 0 Å². The zero-order chi connectivity index (χ0) is 11.5. The summed E-state index contributed by atoms with van der Waals surface area (Å²) in [5, 5.41) is 10.1. The van der Waals surface area contributed by atoms with E-state index in [1.54, 1.807) is 0 Å². The number of aliphatic hydroxyl groups is 1. The summed E-state index contributed by atoms with van der Waals surface area (Å²) in [6.07, 6.45) is 4.55. The molecule has 0 amide bonds. The normalized spacial score (nSPS) is 18.5. The van der Waals surface area contributed by atoms with E-state index in [0.717, 1.165) is 12.0 Å². The summed E-state index contributed by atoms with van der Waals surface area (Å²) < 4.78 is 0. The van der Waals surface area contributed by atoms with Gasteiger partial charge in [0.2, 0.25) is 0 Å². The van der Waals surface area contributed by atoms with Crippen LogP contribution in [0.4, 0.5) is 0 Å². The third kappa shape index (κ3) is 2.65. The number of hydrogen-bond acceptors (Lipinski definition) is 1.